The highest BCUT2D eigenvalue weighted by Gasteiger charge is 1.99. The van der Waals surface area contributed by atoms with Crippen LogP contribution in [-0.2, 0) is 6.61 Å². The quantitative estimate of drug-likeness (QED) is 0.794. The molecular weight excluding hydrogens is 332 g/mol. The van der Waals surface area contributed by atoms with Gasteiger partial charge in [-0.15, -0.1) is 0 Å². The van der Waals surface area contributed by atoms with Crippen LogP contribution in [0.25, 0.3) is 0 Å². The van der Waals surface area contributed by atoms with Crippen molar-refractivity contribution in [3.8, 4) is 5.75 Å². The summed E-state index contributed by atoms with van der Waals surface area (Å²) < 4.78 is 7.73. The molecule has 0 unspecified atom stereocenters. The second-order valence-corrected chi connectivity index (χ2v) is 5.13. The van der Waals surface area contributed by atoms with Crippen molar-refractivity contribution in [2.75, 3.05) is 0 Å². The molecule has 2 rings (SSSR count). The van der Waals surface area contributed by atoms with E-state index in [2.05, 4.69) is 37.9 Å². The van der Waals surface area contributed by atoms with Crippen LogP contribution in [0.4, 0.5) is 0 Å². The average Bonchev–Trinajstić information content (AvgIpc) is 2.27. The summed E-state index contributed by atoms with van der Waals surface area (Å²) in [6.07, 6.45) is 0. The van der Waals surface area contributed by atoms with Crippen LogP contribution in [0.5, 0.6) is 5.75 Å². The van der Waals surface area contributed by atoms with Gasteiger partial charge in [-0.05, 0) is 42.0 Å². The van der Waals surface area contributed by atoms with E-state index in [0.29, 0.717) is 6.61 Å². The summed E-state index contributed by atoms with van der Waals surface area (Å²) in [5.41, 5.74) is 1.12. The normalized spacial score (nSPS) is 10.1. The Morgan fingerprint density at radius 1 is 1.00 bits per heavy atom. The molecule has 0 bridgehead atoms. The summed E-state index contributed by atoms with van der Waals surface area (Å²) in [4.78, 5) is 0. The molecule has 0 aromatic heterocycles. The SMILES string of the molecule is Brc1cc(Br)cc(COc2cc[c]cc2)c1. The molecule has 2 aromatic rings. The van der Waals surface area contributed by atoms with E-state index in [9.17, 15) is 0 Å². The van der Waals surface area contributed by atoms with E-state index in [1.165, 1.54) is 0 Å². The second-order valence-electron chi connectivity index (χ2n) is 3.30. The van der Waals surface area contributed by atoms with Crippen LogP contribution < -0.4 is 4.74 Å². The molecule has 2 aromatic carbocycles. The summed E-state index contributed by atoms with van der Waals surface area (Å²) in [6, 6.07) is 16.5. The highest BCUT2D eigenvalue weighted by Crippen LogP contribution is 2.21. The lowest BCUT2D eigenvalue weighted by molar-refractivity contribution is 0.306. The summed E-state index contributed by atoms with van der Waals surface area (Å²) >= 11 is 6.90. The third-order valence-corrected chi connectivity index (χ3v) is 2.93. The van der Waals surface area contributed by atoms with Crippen molar-refractivity contribution in [3.05, 3.63) is 63.0 Å². The first-order valence-corrected chi connectivity index (χ1v) is 6.36. The number of benzene rings is 2. The maximum absolute atomic E-state index is 5.64. The van der Waals surface area contributed by atoms with E-state index in [4.69, 9.17) is 4.74 Å². The first-order valence-electron chi connectivity index (χ1n) is 4.78. The van der Waals surface area contributed by atoms with Gasteiger partial charge in [0.2, 0.25) is 0 Å². The van der Waals surface area contributed by atoms with Crippen LogP contribution in [-0.4, -0.2) is 0 Å². The Bertz CT molecular complexity index is 448. The number of hydrogen-bond donors (Lipinski definition) is 0. The lowest BCUT2D eigenvalue weighted by atomic mass is 10.2. The maximum atomic E-state index is 5.64. The molecule has 81 valence electrons. The van der Waals surface area contributed by atoms with Gasteiger partial charge in [-0.3, -0.25) is 0 Å². The number of hydrogen-bond acceptors (Lipinski definition) is 1. The molecule has 0 fully saturated rings. The molecule has 0 aliphatic carbocycles. The molecule has 0 atom stereocenters. The fourth-order valence-electron chi connectivity index (χ4n) is 1.33. The van der Waals surface area contributed by atoms with E-state index >= 15 is 0 Å². The highest BCUT2D eigenvalue weighted by atomic mass is 79.9. The molecule has 0 spiro atoms. The fourth-order valence-corrected chi connectivity index (χ4v) is 2.72. The predicted octanol–water partition coefficient (Wildman–Crippen LogP) is 4.59. The van der Waals surface area contributed by atoms with Gasteiger partial charge in [-0.2, -0.15) is 0 Å². The van der Waals surface area contributed by atoms with Crippen LogP contribution in [0.1, 0.15) is 5.56 Å². The highest BCUT2D eigenvalue weighted by molar-refractivity contribution is 9.11. The third kappa shape index (κ3) is 3.35. The Balaban J connectivity index is 2.05. The van der Waals surface area contributed by atoms with Crippen LogP contribution in [0.15, 0.2) is 51.4 Å². The van der Waals surface area contributed by atoms with Crippen molar-refractivity contribution in [2.24, 2.45) is 0 Å². The van der Waals surface area contributed by atoms with Gasteiger partial charge in [0.05, 0.1) is 0 Å². The van der Waals surface area contributed by atoms with Gasteiger partial charge in [0.25, 0.3) is 0 Å². The van der Waals surface area contributed by atoms with Crippen LogP contribution in [0.2, 0.25) is 0 Å². The smallest absolute Gasteiger partial charge is 0.119 e. The van der Waals surface area contributed by atoms with Crippen LogP contribution in [0.3, 0.4) is 0 Å². The average molecular weight is 341 g/mol. The van der Waals surface area contributed by atoms with E-state index in [-0.39, 0.29) is 0 Å². The minimum Gasteiger partial charge on any atom is -0.489 e. The first-order chi connectivity index (χ1) is 7.74. The second kappa shape index (κ2) is 5.51. The van der Waals surface area contributed by atoms with Gasteiger partial charge >= 0.3 is 0 Å². The monoisotopic (exact) mass is 339 g/mol. The lowest BCUT2D eigenvalue weighted by Gasteiger charge is -2.06. The summed E-state index contributed by atoms with van der Waals surface area (Å²) in [6.45, 7) is 0.558. The van der Waals surface area contributed by atoms with Gasteiger partial charge in [0.1, 0.15) is 12.4 Å². The molecule has 3 heteroatoms. The van der Waals surface area contributed by atoms with Crippen molar-refractivity contribution < 1.29 is 4.74 Å². The fraction of sp³-hybridized carbons (Fsp3) is 0.0769. The van der Waals surface area contributed by atoms with E-state index in [1.807, 2.05) is 42.5 Å². The molecule has 0 aliphatic rings. The Kier molecular flexibility index (Phi) is 4.02. The molecule has 16 heavy (non-hydrogen) atoms. The van der Waals surface area contributed by atoms with E-state index < -0.39 is 0 Å². The topological polar surface area (TPSA) is 9.23 Å². The Labute approximate surface area is 112 Å². The zero-order chi connectivity index (χ0) is 11.4. The van der Waals surface area contributed by atoms with Gasteiger partial charge in [-0.25, -0.2) is 0 Å². The summed E-state index contributed by atoms with van der Waals surface area (Å²) in [5.74, 6) is 0.856. The van der Waals surface area contributed by atoms with E-state index in [0.717, 1.165) is 20.3 Å². The minimum absolute atomic E-state index is 0.558. The third-order valence-electron chi connectivity index (χ3n) is 2.02. The molecular formula is C13H9Br2O. The Hall–Kier alpha value is -0.800. The van der Waals surface area contributed by atoms with E-state index in [1.54, 1.807) is 0 Å². The van der Waals surface area contributed by atoms with Crippen molar-refractivity contribution in [1.29, 1.82) is 0 Å². The minimum atomic E-state index is 0.558. The van der Waals surface area contributed by atoms with Crippen molar-refractivity contribution in [3.63, 3.8) is 0 Å². The van der Waals surface area contributed by atoms with Gasteiger partial charge in [-0.1, -0.05) is 44.0 Å². The molecule has 0 saturated carbocycles. The molecule has 1 nitrogen and oxygen atoms in total. The number of halogens is 2. The summed E-state index contributed by atoms with van der Waals surface area (Å²) in [5, 5.41) is 0. The molecule has 0 aliphatic heterocycles. The van der Waals surface area contributed by atoms with Gasteiger partial charge in [0, 0.05) is 8.95 Å². The zero-order valence-corrected chi connectivity index (χ0v) is 11.6. The Morgan fingerprint density at radius 2 is 1.62 bits per heavy atom. The van der Waals surface area contributed by atoms with Crippen molar-refractivity contribution >= 4 is 31.9 Å². The molecule has 0 saturated heterocycles. The molecule has 0 heterocycles. The number of ether oxygens (including phenoxy) is 1. The van der Waals surface area contributed by atoms with Gasteiger partial charge < -0.3 is 4.74 Å². The largest absolute Gasteiger partial charge is 0.489 e. The molecule has 0 amide bonds. The van der Waals surface area contributed by atoms with Crippen molar-refractivity contribution in [2.45, 2.75) is 6.61 Å². The maximum Gasteiger partial charge on any atom is 0.119 e. The zero-order valence-electron chi connectivity index (χ0n) is 8.41. The predicted molar refractivity (Wildman–Crippen MR) is 71.5 cm³/mol. The first kappa shape index (κ1) is 11.7. The number of rotatable bonds is 3. The lowest BCUT2D eigenvalue weighted by Crippen LogP contribution is -1.95. The van der Waals surface area contributed by atoms with Crippen LogP contribution >= 0.6 is 31.9 Å². The standard InChI is InChI=1S/C13H9Br2O/c14-11-6-10(7-12(15)8-11)9-16-13-4-2-1-3-5-13/h2-8H,9H2. The summed E-state index contributed by atoms with van der Waals surface area (Å²) in [7, 11) is 0. The Morgan fingerprint density at radius 3 is 2.25 bits per heavy atom. The van der Waals surface area contributed by atoms with Gasteiger partial charge in [0.15, 0.2) is 0 Å². The van der Waals surface area contributed by atoms with Crippen LogP contribution in [0, 0.1) is 6.07 Å². The van der Waals surface area contributed by atoms with Crippen molar-refractivity contribution in [1.82, 2.24) is 0 Å². The molecule has 0 N–H and O–H groups in total. The molecule has 1 radical (unpaired) electrons.